The van der Waals surface area contributed by atoms with Gasteiger partial charge in [0.05, 0.1) is 23.6 Å². The van der Waals surface area contributed by atoms with Crippen LogP contribution in [0.3, 0.4) is 0 Å². The van der Waals surface area contributed by atoms with Gasteiger partial charge in [0.25, 0.3) is 0 Å². The van der Waals surface area contributed by atoms with E-state index in [9.17, 15) is 5.26 Å². The summed E-state index contributed by atoms with van der Waals surface area (Å²) in [6, 6.07) is 7.58. The minimum atomic E-state index is 0.547. The standard InChI is InChI=1S/C22H27N3O/c1-6-8-9-21(25-16-17(3)7-2)20-11-10-19(15-23)14-22(20)26-13-12-18(4)24-5/h7,10-14,16H,2,6,8-9H2,1,3-5H3/b13-12+,17-16-,24-18?,25-21?. The molecule has 26 heavy (non-hydrogen) atoms. The van der Waals surface area contributed by atoms with E-state index in [0.29, 0.717) is 11.3 Å². The fourth-order valence-corrected chi connectivity index (χ4v) is 2.05. The van der Waals surface area contributed by atoms with Gasteiger partial charge in [-0.1, -0.05) is 26.0 Å². The number of ether oxygens (including phenoxy) is 1. The first-order valence-electron chi connectivity index (χ1n) is 8.72. The number of nitriles is 1. The van der Waals surface area contributed by atoms with E-state index < -0.39 is 0 Å². The minimum absolute atomic E-state index is 0.547. The van der Waals surface area contributed by atoms with Gasteiger partial charge in [0.1, 0.15) is 5.75 Å². The number of nitrogens with zero attached hydrogens (tertiary/aromatic N) is 3. The van der Waals surface area contributed by atoms with Crippen LogP contribution in [0.15, 0.2) is 65.0 Å². The molecule has 0 atom stereocenters. The van der Waals surface area contributed by atoms with Crippen LogP contribution < -0.4 is 4.74 Å². The molecule has 4 heteroatoms. The molecule has 1 rings (SSSR count). The van der Waals surface area contributed by atoms with E-state index in [1.165, 1.54) is 0 Å². The van der Waals surface area contributed by atoms with E-state index in [2.05, 4.69) is 29.6 Å². The molecule has 0 aromatic heterocycles. The third-order valence-corrected chi connectivity index (χ3v) is 3.79. The molecule has 0 amide bonds. The molecule has 0 spiro atoms. The van der Waals surface area contributed by atoms with Crippen LogP contribution in [-0.2, 0) is 0 Å². The van der Waals surface area contributed by atoms with Crippen LogP contribution in [0, 0.1) is 11.3 Å². The zero-order chi connectivity index (χ0) is 19.4. The van der Waals surface area contributed by atoms with Gasteiger partial charge in [-0.15, -0.1) is 0 Å². The molecule has 0 unspecified atom stereocenters. The summed E-state index contributed by atoms with van der Waals surface area (Å²) < 4.78 is 5.81. The molecule has 0 aliphatic heterocycles. The number of benzene rings is 1. The van der Waals surface area contributed by atoms with Crippen LogP contribution in [-0.4, -0.2) is 18.5 Å². The third kappa shape index (κ3) is 6.90. The average molecular weight is 349 g/mol. The monoisotopic (exact) mass is 349 g/mol. The maximum atomic E-state index is 9.20. The zero-order valence-electron chi connectivity index (χ0n) is 16.1. The lowest BCUT2D eigenvalue weighted by molar-refractivity contribution is 0.480. The van der Waals surface area contributed by atoms with Gasteiger partial charge in [0, 0.05) is 24.5 Å². The van der Waals surface area contributed by atoms with E-state index >= 15 is 0 Å². The maximum absolute atomic E-state index is 9.20. The lowest BCUT2D eigenvalue weighted by atomic mass is 10.0. The van der Waals surface area contributed by atoms with Crippen LogP contribution in [0.2, 0.25) is 0 Å². The summed E-state index contributed by atoms with van der Waals surface area (Å²) in [4.78, 5) is 8.72. The number of aliphatic imine (C=N–C) groups is 2. The Labute approximate surface area is 156 Å². The second kappa shape index (κ2) is 11.6. The van der Waals surface area contributed by atoms with Gasteiger partial charge in [-0.05, 0) is 56.5 Å². The van der Waals surface area contributed by atoms with Gasteiger partial charge in [0.15, 0.2) is 0 Å². The van der Waals surface area contributed by atoms with Gasteiger partial charge >= 0.3 is 0 Å². The van der Waals surface area contributed by atoms with E-state index in [1.54, 1.807) is 37.6 Å². The summed E-state index contributed by atoms with van der Waals surface area (Å²) in [5.41, 5.74) is 4.21. The summed E-state index contributed by atoms with van der Waals surface area (Å²) in [7, 11) is 1.73. The van der Waals surface area contributed by atoms with Crippen molar-refractivity contribution < 1.29 is 4.74 Å². The Morgan fingerprint density at radius 3 is 2.73 bits per heavy atom. The highest BCUT2D eigenvalue weighted by atomic mass is 16.5. The van der Waals surface area contributed by atoms with Crippen molar-refractivity contribution in [3.63, 3.8) is 0 Å². The van der Waals surface area contributed by atoms with E-state index in [0.717, 1.165) is 41.8 Å². The quantitative estimate of drug-likeness (QED) is 0.330. The number of unbranched alkanes of at least 4 members (excludes halogenated alkanes) is 1. The smallest absolute Gasteiger partial charge is 0.136 e. The fraction of sp³-hybridized carbons (Fsp3) is 0.318. The second-order valence-electron chi connectivity index (χ2n) is 5.86. The van der Waals surface area contributed by atoms with Crippen LogP contribution >= 0.6 is 0 Å². The lowest BCUT2D eigenvalue weighted by Crippen LogP contribution is -2.04. The largest absolute Gasteiger partial charge is 0.464 e. The van der Waals surface area contributed by atoms with E-state index in [1.807, 2.05) is 26.1 Å². The first-order chi connectivity index (χ1) is 12.5. The Morgan fingerprint density at radius 1 is 1.35 bits per heavy atom. The van der Waals surface area contributed by atoms with Crippen LogP contribution in [0.1, 0.15) is 51.2 Å². The molecule has 0 bridgehead atoms. The Bertz CT molecular complexity index is 777. The normalized spacial score (nSPS) is 13.0. The summed E-state index contributed by atoms with van der Waals surface area (Å²) in [6.45, 7) is 9.76. The van der Waals surface area contributed by atoms with E-state index in [4.69, 9.17) is 4.74 Å². The molecule has 0 heterocycles. The molecular formula is C22H27N3O. The highest BCUT2D eigenvalue weighted by Crippen LogP contribution is 2.24. The fourth-order valence-electron chi connectivity index (χ4n) is 2.05. The van der Waals surface area contributed by atoms with Gasteiger partial charge in [-0.25, -0.2) is 0 Å². The van der Waals surface area contributed by atoms with Crippen molar-refractivity contribution >= 4 is 11.4 Å². The van der Waals surface area contributed by atoms with Crippen molar-refractivity contribution in [1.82, 2.24) is 0 Å². The molecular weight excluding hydrogens is 322 g/mol. The highest BCUT2D eigenvalue weighted by molar-refractivity contribution is 6.03. The van der Waals surface area contributed by atoms with Crippen molar-refractivity contribution in [1.29, 1.82) is 5.26 Å². The maximum Gasteiger partial charge on any atom is 0.136 e. The average Bonchev–Trinajstić information content (AvgIpc) is 2.67. The van der Waals surface area contributed by atoms with Crippen LogP contribution in [0.4, 0.5) is 0 Å². The predicted octanol–water partition coefficient (Wildman–Crippen LogP) is 5.61. The summed E-state index contributed by atoms with van der Waals surface area (Å²) >= 11 is 0. The predicted molar refractivity (Wildman–Crippen MR) is 110 cm³/mol. The van der Waals surface area contributed by atoms with Crippen molar-refractivity contribution in [2.75, 3.05) is 7.05 Å². The Balaban J connectivity index is 3.33. The Hall–Kier alpha value is -2.93. The third-order valence-electron chi connectivity index (χ3n) is 3.79. The molecule has 0 saturated carbocycles. The lowest BCUT2D eigenvalue weighted by Gasteiger charge is -2.11. The first kappa shape index (κ1) is 21.1. The van der Waals surface area contributed by atoms with Crippen molar-refractivity contribution in [2.24, 2.45) is 9.98 Å². The van der Waals surface area contributed by atoms with Gasteiger partial charge in [-0.2, -0.15) is 5.26 Å². The molecule has 0 radical (unpaired) electrons. The second-order valence-corrected chi connectivity index (χ2v) is 5.86. The number of hydrogen-bond acceptors (Lipinski definition) is 4. The van der Waals surface area contributed by atoms with Gasteiger partial charge in [0.2, 0.25) is 0 Å². The first-order valence-corrected chi connectivity index (χ1v) is 8.72. The van der Waals surface area contributed by atoms with Crippen molar-refractivity contribution in [3.05, 3.63) is 66.1 Å². The van der Waals surface area contributed by atoms with Gasteiger partial charge in [-0.3, -0.25) is 9.98 Å². The van der Waals surface area contributed by atoms with Crippen LogP contribution in [0.25, 0.3) is 0 Å². The summed E-state index contributed by atoms with van der Waals surface area (Å²) in [5.74, 6) is 0.615. The molecule has 0 saturated heterocycles. The minimum Gasteiger partial charge on any atom is -0.464 e. The molecule has 136 valence electrons. The van der Waals surface area contributed by atoms with E-state index in [-0.39, 0.29) is 0 Å². The summed E-state index contributed by atoms with van der Waals surface area (Å²) in [5, 5.41) is 9.20. The molecule has 0 aliphatic rings. The Kier molecular flexibility index (Phi) is 9.42. The molecule has 0 aliphatic carbocycles. The summed E-state index contributed by atoms with van der Waals surface area (Å²) in [6.07, 6.45) is 9.88. The molecule has 0 fully saturated rings. The van der Waals surface area contributed by atoms with Crippen molar-refractivity contribution in [2.45, 2.75) is 40.0 Å². The molecule has 4 nitrogen and oxygen atoms in total. The zero-order valence-corrected chi connectivity index (χ0v) is 16.1. The van der Waals surface area contributed by atoms with Crippen molar-refractivity contribution in [3.8, 4) is 11.8 Å². The van der Waals surface area contributed by atoms with Crippen LogP contribution in [0.5, 0.6) is 5.75 Å². The number of hydrogen-bond donors (Lipinski definition) is 0. The number of rotatable bonds is 9. The highest BCUT2D eigenvalue weighted by Gasteiger charge is 2.11. The number of allylic oxidation sites excluding steroid dienone is 3. The Morgan fingerprint density at radius 2 is 2.12 bits per heavy atom. The topological polar surface area (TPSA) is 57.7 Å². The molecule has 0 N–H and O–H groups in total. The van der Waals surface area contributed by atoms with Gasteiger partial charge < -0.3 is 4.74 Å². The molecule has 1 aromatic rings. The SMILES string of the molecule is C=C/C(C)=C\N=C(CCCC)c1ccc(C#N)cc1O/C=C/C(C)=NC. The molecule has 1 aromatic carbocycles.